The highest BCUT2D eigenvalue weighted by atomic mass is 16.5. The van der Waals surface area contributed by atoms with E-state index in [1.165, 1.54) is 0 Å². The minimum atomic E-state index is -0.599. The zero-order chi connectivity index (χ0) is 24.7. The number of para-hydroxylation sites is 1. The van der Waals surface area contributed by atoms with E-state index in [2.05, 4.69) is 30.1 Å². The molecule has 2 aliphatic rings. The van der Waals surface area contributed by atoms with Crippen LogP contribution in [0.5, 0.6) is 5.75 Å². The van der Waals surface area contributed by atoms with Gasteiger partial charge in [0.1, 0.15) is 11.6 Å². The molecule has 0 amide bonds. The average molecular weight is 466 g/mol. The molecule has 176 valence electrons. The molecule has 0 fully saturated rings. The lowest BCUT2D eigenvalue weighted by Gasteiger charge is -2.43. The lowest BCUT2D eigenvalue weighted by atomic mass is 9.68. The summed E-state index contributed by atoms with van der Waals surface area (Å²) in [5.74, 6) is 0.848. The molecular formula is C28H27N5O2. The van der Waals surface area contributed by atoms with Crippen LogP contribution in [-0.2, 0) is 4.79 Å². The van der Waals surface area contributed by atoms with E-state index in [0.29, 0.717) is 35.6 Å². The number of aromatic amines is 1. The van der Waals surface area contributed by atoms with Gasteiger partial charge in [-0.15, -0.1) is 0 Å². The van der Waals surface area contributed by atoms with Gasteiger partial charge >= 0.3 is 0 Å². The minimum Gasteiger partial charge on any atom is -0.496 e. The summed E-state index contributed by atoms with van der Waals surface area (Å²) in [5.41, 5.74) is 10.7. The van der Waals surface area contributed by atoms with Gasteiger partial charge in [-0.3, -0.25) is 14.8 Å². The fourth-order valence-electron chi connectivity index (χ4n) is 5.18. The maximum absolute atomic E-state index is 13.7. The average Bonchev–Trinajstić information content (AvgIpc) is 3.33. The van der Waals surface area contributed by atoms with Gasteiger partial charge in [0, 0.05) is 29.3 Å². The molecule has 3 aromatic rings. The Bertz CT molecular complexity index is 1410. The van der Waals surface area contributed by atoms with Crippen LogP contribution >= 0.6 is 0 Å². The second kappa shape index (κ2) is 8.48. The molecule has 0 spiro atoms. The largest absolute Gasteiger partial charge is 0.496 e. The molecule has 1 atom stereocenters. The Morgan fingerprint density at radius 2 is 1.86 bits per heavy atom. The van der Waals surface area contributed by atoms with Gasteiger partial charge in [-0.2, -0.15) is 10.4 Å². The van der Waals surface area contributed by atoms with Crippen LogP contribution in [0.2, 0.25) is 0 Å². The molecular weight excluding hydrogens is 438 g/mol. The third-order valence-electron chi connectivity index (χ3n) is 6.71. The van der Waals surface area contributed by atoms with Gasteiger partial charge in [0.15, 0.2) is 11.6 Å². The SMILES string of the molecule is COc1ccccc1C1C(C#N)=C(N)N(c2cc(-c3ccccc3)[nH]n2)C2=C1C(=O)CC(C)(C)C2. The molecule has 2 aromatic carbocycles. The number of Topliss-reactive ketones (excluding diaryl/α,β-unsaturated/α-hetero) is 1. The number of H-pyrrole nitrogens is 1. The summed E-state index contributed by atoms with van der Waals surface area (Å²) >= 11 is 0. The molecule has 0 bridgehead atoms. The predicted octanol–water partition coefficient (Wildman–Crippen LogP) is 5.03. The zero-order valence-corrected chi connectivity index (χ0v) is 20.0. The fourth-order valence-corrected chi connectivity index (χ4v) is 5.18. The Kier molecular flexibility index (Phi) is 5.45. The molecule has 2 heterocycles. The van der Waals surface area contributed by atoms with Gasteiger partial charge in [-0.1, -0.05) is 62.4 Å². The number of hydrogen-bond donors (Lipinski definition) is 2. The number of anilines is 1. The number of ketones is 1. The van der Waals surface area contributed by atoms with E-state index in [1.54, 1.807) is 12.0 Å². The topological polar surface area (TPSA) is 108 Å². The Labute approximate surface area is 204 Å². The molecule has 1 unspecified atom stereocenters. The van der Waals surface area contributed by atoms with Gasteiger partial charge in [0.25, 0.3) is 0 Å². The maximum Gasteiger partial charge on any atom is 0.162 e. The Balaban J connectivity index is 1.73. The van der Waals surface area contributed by atoms with Crippen LogP contribution in [0.1, 0.15) is 38.2 Å². The Hall–Kier alpha value is -4.31. The summed E-state index contributed by atoms with van der Waals surface area (Å²) in [6.07, 6.45) is 1.01. The number of benzene rings is 2. The van der Waals surface area contributed by atoms with Crippen LogP contribution in [0, 0.1) is 16.7 Å². The van der Waals surface area contributed by atoms with Crippen LogP contribution in [0.3, 0.4) is 0 Å². The number of methoxy groups -OCH3 is 1. The third kappa shape index (κ3) is 3.77. The van der Waals surface area contributed by atoms with Gasteiger partial charge < -0.3 is 10.5 Å². The number of nitrogens with one attached hydrogen (secondary N) is 1. The van der Waals surface area contributed by atoms with Crippen molar-refractivity contribution < 1.29 is 9.53 Å². The number of allylic oxidation sites excluding steroid dienone is 3. The highest BCUT2D eigenvalue weighted by molar-refractivity contribution is 6.01. The van der Waals surface area contributed by atoms with Crippen molar-refractivity contribution in [2.24, 2.45) is 11.1 Å². The van der Waals surface area contributed by atoms with E-state index in [1.807, 2.05) is 60.7 Å². The summed E-state index contributed by atoms with van der Waals surface area (Å²) in [4.78, 5) is 15.5. The van der Waals surface area contributed by atoms with Crippen molar-refractivity contribution in [2.45, 2.75) is 32.6 Å². The molecule has 3 N–H and O–H groups in total. The first-order valence-corrected chi connectivity index (χ1v) is 11.5. The van der Waals surface area contributed by atoms with E-state index in [9.17, 15) is 10.1 Å². The summed E-state index contributed by atoms with van der Waals surface area (Å²) < 4.78 is 5.61. The molecule has 0 saturated carbocycles. The first-order chi connectivity index (χ1) is 16.8. The third-order valence-corrected chi connectivity index (χ3v) is 6.71. The van der Waals surface area contributed by atoms with Crippen LogP contribution in [0.4, 0.5) is 5.82 Å². The number of nitrogens with two attached hydrogens (primary N) is 1. The standard InChI is InChI=1S/C28H27N5O2/c1-28(2)14-21-26(22(34)15-28)25(18-11-7-8-12-23(18)35-3)19(16-29)27(30)33(21)24-13-20(31-32-24)17-9-5-4-6-10-17/h4-13,25H,14-15,30H2,1-3H3,(H,31,32). The molecule has 1 aliphatic carbocycles. The van der Waals surface area contributed by atoms with E-state index < -0.39 is 5.92 Å². The monoisotopic (exact) mass is 465 g/mol. The number of hydrogen-bond acceptors (Lipinski definition) is 6. The minimum absolute atomic E-state index is 0.0104. The lowest BCUT2D eigenvalue weighted by Crippen LogP contribution is -2.42. The normalized spacial score (nSPS) is 19.4. The number of ether oxygens (including phenoxy) is 1. The molecule has 5 rings (SSSR count). The summed E-state index contributed by atoms with van der Waals surface area (Å²) in [6, 6.07) is 21.5. The van der Waals surface area contributed by atoms with Gasteiger partial charge in [-0.05, 0) is 23.5 Å². The van der Waals surface area contributed by atoms with Crippen molar-refractivity contribution in [3.05, 3.63) is 88.9 Å². The zero-order valence-electron chi connectivity index (χ0n) is 20.0. The molecule has 0 saturated heterocycles. The van der Waals surface area contributed by atoms with Crippen molar-refractivity contribution in [3.63, 3.8) is 0 Å². The second-order valence-electron chi connectivity index (χ2n) is 9.73. The van der Waals surface area contributed by atoms with Gasteiger partial charge in [0.05, 0.1) is 30.4 Å². The van der Waals surface area contributed by atoms with Crippen molar-refractivity contribution in [1.29, 1.82) is 5.26 Å². The first kappa shape index (κ1) is 22.5. The second-order valence-corrected chi connectivity index (χ2v) is 9.73. The number of nitriles is 1. The van der Waals surface area contributed by atoms with Crippen LogP contribution < -0.4 is 15.4 Å². The van der Waals surface area contributed by atoms with Crippen molar-refractivity contribution in [2.75, 3.05) is 12.0 Å². The number of carbonyl (C=O) groups excluding carboxylic acids is 1. The van der Waals surface area contributed by atoms with Crippen molar-refractivity contribution in [1.82, 2.24) is 10.2 Å². The van der Waals surface area contributed by atoms with Crippen LogP contribution in [-0.4, -0.2) is 23.1 Å². The highest BCUT2D eigenvalue weighted by Gasteiger charge is 2.45. The van der Waals surface area contributed by atoms with Crippen molar-refractivity contribution in [3.8, 4) is 23.1 Å². The van der Waals surface area contributed by atoms with Gasteiger partial charge in [0.2, 0.25) is 0 Å². The first-order valence-electron chi connectivity index (χ1n) is 11.5. The van der Waals surface area contributed by atoms with Crippen molar-refractivity contribution >= 4 is 11.6 Å². The summed E-state index contributed by atoms with van der Waals surface area (Å²) in [7, 11) is 1.59. The van der Waals surface area contributed by atoms with E-state index in [0.717, 1.165) is 22.5 Å². The Morgan fingerprint density at radius 3 is 2.57 bits per heavy atom. The number of nitrogens with zero attached hydrogens (tertiary/aromatic N) is 3. The maximum atomic E-state index is 13.7. The van der Waals surface area contributed by atoms with E-state index >= 15 is 0 Å². The van der Waals surface area contributed by atoms with E-state index in [4.69, 9.17) is 10.5 Å². The molecule has 35 heavy (non-hydrogen) atoms. The number of carbonyl (C=O) groups is 1. The summed E-state index contributed by atoms with van der Waals surface area (Å²) in [5, 5.41) is 17.9. The fraction of sp³-hybridized carbons (Fsp3) is 0.250. The summed E-state index contributed by atoms with van der Waals surface area (Å²) in [6.45, 7) is 4.15. The molecule has 0 radical (unpaired) electrons. The lowest BCUT2D eigenvalue weighted by molar-refractivity contribution is -0.118. The molecule has 1 aliphatic heterocycles. The highest BCUT2D eigenvalue weighted by Crippen LogP contribution is 2.51. The van der Waals surface area contributed by atoms with Gasteiger partial charge in [-0.25, -0.2) is 0 Å². The number of rotatable bonds is 4. The quantitative estimate of drug-likeness (QED) is 0.560. The molecule has 1 aromatic heterocycles. The smallest absolute Gasteiger partial charge is 0.162 e. The molecule has 7 nitrogen and oxygen atoms in total. The van der Waals surface area contributed by atoms with E-state index in [-0.39, 0.29) is 17.0 Å². The number of aromatic nitrogens is 2. The van der Waals surface area contributed by atoms with Crippen LogP contribution in [0.15, 0.2) is 83.3 Å². The molecule has 7 heteroatoms. The predicted molar refractivity (Wildman–Crippen MR) is 134 cm³/mol. The Morgan fingerprint density at radius 1 is 1.14 bits per heavy atom. The van der Waals surface area contributed by atoms with Crippen LogP contribution in [0.25, 0.3) is 11.3 Å².